The minimum absolute atomic E-state index is 0. The molecule has 0 amide bonds. The molecule has 0 bridgehead atoms. The summed E-state index contributed by atoms with van der Waals surface area (Å²) in [6, 6.07) is 0. The van der Waals surface area contributed by atoms with E-state index in [0.29, 0.717) is 88.4 Å². The Labute approximate surface area is 668 Å². The molecule has 0 spiro atoms. The molecule has 0 aromatic heterocycles. The number of ketones is 1. The summed E-state index contributed by atoms with van der Waals surface area (Å²) in [4.78, 5) is 9.44. The first kappa shape index (κ1) is 101. The van der Waals surface area contributed by atoms with E-state index in [1.807, 2.05) is 125 Å². The van der Waals surface area contributed by atoms with Crippen LogP contribution in [-0.2, 0) is 118 Å². The molecule has 12 aliphatic rings. The number of rotatable bonds is 20. The van der Waals surface area contributed by atoms with E-state index in [9.17, 15) is 4.79 Å². The largest absolute Gasteiger partial charge is 1.00 e. The minimum atomic E-state index is -0.665. The van der Waals surface area contributed by atoms with Crippen LogP contribution in [0.15, 0.2) is 0 Å². The van der Waals surface area contributed by atoms with E-state index in [0.717, 1.165) is 38.5 Å². The standard InChI is InChI=1S/C24H44O6.C21H38O6.C18H32O6.C15H26O6.C3H6O.4CH4/c1-15(2)10-22(7)25-13-18(27-22)20-21(30-24(9,29-20)12-17(5)6)19-14-26-23(8,28-19)11-16(3)4;1-13(2)9-20(7)23-12-16(25-20)18-17(15-11-22-19(5,6)24-15)26-21(8,27-18)10-14(3)4;1-11(2)8-18(7)23-14(12-9-19-16(3,4)21-12)15(24-18)13-10-20-17(5,6)22-13;1-13(2)16-7-9(18-13)11-12(21-15(5,6)20-11)10-8-17-14(3,4)19-10;1-3(2)4;;;;/h15-21H,10-14H2,1-9H3;13-18H,9-12H2,1-8H3;11-15H,8-10H2,1-7H3;9-12H,7-8H2,1-6H3;1-2H3;4*1H4/p+1. The van der Waals surface area contributed by atoms with Crippen molar-refractivity contribution in [1.29, 1.82) is 0 Å². The summed E-state index contributed by atoms with van der Waals surface area (Å²) in [6.45, 7) is 68.2. The van der Waals surface area contributed by atoms with Crippen molar-refractivity contribution in [2.45, 2.75) is 457 Å². The molecule has 110 heavy (non-hydrogen) atoms. The maximum atomic E-state index is 9.44. The quantitative estimate of drug-likeness (QED) is 0.110. The van der Waals surface area contributed by atoms with Crippen LogP contribution in [0.3, 0.4) is 0 Å². The summed E-state index contributed by atoms with van der Waals surface area (Å²) in [6.07, 6.45) is 1.63. The molecule has 652 valence electrons. The molecule has 12 saturated heterocycles. The molecule has 0 N–H and O–H groups in total. The third kappa shape index (κ3) is 28.5. The molecule has 0 aromatic rings. The second-order valence-electron chi connectivity index (χ2n) is 38.1. The molecule has 0 aromatic carbocycles. The van der Waals surface area contributed by atoms with Crippen LogP contribution in [0.1, 0.15) is 291 Å². The molecule has 0 radical (unpaired) electrons. The van der Waals surface area contributed by atoms with E-state index in [2.05, 4.69) is 83.1 Å². The van der Waals surface area contributed by atoms with Crippen molar-refractivity contribution in [2.75, 3.05) is 52.9 Å². The zero-order valence-electron chi connectivity index (χ0n) is 72.3. The summed E-state index contributed by atoms with van der Waals surface area (Å²) < 4.78 is 147. The monoisotopic (exact) mass is 1580 g/mol. The zero-order chi connectivity index (χ0) is 79.1. The van der Waals surface area contributed by atoms with E-state index in [1.54, 1.807) is 0 Å². The van der Waals surface area contributed by atoms with Crippen LogP contribution < -0.4 is 0 Å². The lowest BCUT2D eigenvalue weighted by atomic mass is 10.0. The Morgan fingerprint density at radius 3 is 0.509 bits per heavy atom. The average molecular weight is 1590 g/mol. The number of carbonyl (C=O) groups excluding carboxylic acids is 1. The van der Waals surface area contributed by atoms with E-state index >= 15 is 0 Å². The van der Waals surface area contributed by atoms with Gasteiger partial charge in [-0.2, -0.15) is 0 Å². The van der Waals surface area contributed by atoms with Crippen LogP contribution >= 0.6 is 0 Å². The van der Waals surface area contributed by atoms with Gasteiger partial charge in [0.1, 0.15) is 103 Å². The van der Waals surface area contributed by atoms with Crippen molar-refractivity contribution in [2.24, 2.45) is 35.5 Å². The van der Waals surface area contributed by atoms with Gasteiger partial charge in [0.2, 0.25) is 0 Å². The van der Waals surface area contributed by atoms with Gasteiger partial charge < -0.3 is 118 Å². The Morgan fingerprint density at radius 1 is 0.227 bits per heavy atom. The van der Waals surface area contributed by atoms with Gasteiger partial charge in [-0.15, -0.1) is 0 Å². The Morgan fingerprint density at radius 2 is 0.364 bits per heavy atom. The maximum absolute atomic E-state index is 9.44. The Bertz CT molecular complexity index is 2670. The van der Waals surface area contributed by atoms with Gasteiger partial charge in [0.15, 0.2) is 69.4 Å². The molecule has 12 heterocycles. The van der Waals surface area contributed by atoms with Gasteiger partial charge >= 0.3 is 1.43 Å². The third-order valence-corrected chi connectivity index (χ3v) is 20.1. The van der Waals surface area contributed by atoms with Crippen molar-refractivity contribution in [3.63, 3.8) is 0 Å². The predicted octanol–water partition coefficient (Wildman–Crippen LogP) is 16.6. The Hall–Kier alpha value is -1.29. The van der Waals surface area contributed by atoms with Gasteiger partial charge in [-0.25, -0.2) is 0 Å². The van der Waals surface area contributed by atoms with Crippen molar-refractivity contribution >= 4 is 5.78 Å². The van der Waals surface area contributed by atoms with Crippen LogP contribution in [0.4, 0.5) is 0 Å². The lowest BCUT2D eigenvalue weighted by Gasteiger charge is -2.30. The van der Waals surface area contributed by atoms with Gasteiger partial charge in [-0.3, -0.25) is 0 Å². The first-order valence-electron chi connectivity index (χ1n) is 39.9. The SMILES string of the molecule is C.C.C.C.CC(C)=O.CC(C)CC1(C)OC(C2COC(C)(C)O2)C(C2COC(C)(C)O2)O1.CC(C)CC1(C)OCC(C2OC(C)(CC(C)C)OC2C2COC(C)(C)O2)O1.CC(C)CC1(C)OCC(C2OC(C)(CC(C)C)OC2C2COC(C)(CC(C)C)O2)O1.CC1(C)OCC(C2OC(C)(C)OC2C2COC(C)(C)O2)O1.[H+]. The van der Waals surface area contributed by atoms with Gasteiger partial charge in [0.25, 0.3) is 0 Å². The van der Waals surface area contributed by atoms with Crippen molar-refractivity contribution in [1.82, 2.24) is 0 Å². The van der Waals surface area contributed by atoms with E-state index in [1.165, 1.54) is 13.8 Å². The number of carbonyl (C=O) groups is 1. The topological polar surface area (TPSA) is 239 Å². The summed E-state index contributed by atoms with van der Waals surface area (Å²) >= 11 is 0. The van der Waals surface area contributed by atoms with Crippen molar-refractivity contribution in [3.8, 4) is 0 Å². The highest BCUT2D eigenvalue weighted by molar-refractivity contribution is 5.72. The highest BCUT2D eigenvalue weighted by atomic mass is 16.8. The van der Waals surface area contributed by atoms with Gasteiger partial charge in [-0.05, 0) is 174 Å². The molecule has 12 aliphatic heterocycles. The maximum Gasteiger partial charge on any atom is 1.00 e. The van der Waals surface area contributed by atoms with Crippen molar-refractivity contribution in [3.05, 3.63) is 0 Å². The van der Waals surface area contributed by atoms with Crippen LogP contribution in [0.5, 0.6) is 0 Å². The predicted molar refractivity (Wildman–Crippen MR) is 422 cm³/mol. The summed E-state index contributed by atoms with van der Waals surface area (Å²) in [7, 11) is 0. The van der Waals surface area contributed by atoms with Gasteiger partial charge in [0.05, 0.1) is 52.9 Å². The zero-order valence-corrected chi connectivity index (χ0v) is 71.3. The molecule has 12 rings (SSSR count). The fourth-order valence-corrected chi connectivity index (χ4v) is 17.2. The van der Waals surface area contributed by atoms with Crippen LogP contribution in [-0.4, -0.2) is 226 Å². The molecular weight excluding hydrogens is 1420 g/mol. The molecular formula is C85H163O25+. The fraction of sp³-hybridized carbons (Fsp3) is 0.988. The number of hydrogen-bond acceptors (Lipinski definition) is 25. The summed E-state index contributed by atoms with van der Waals surface area (Å²) in [5, 5.41) is 0. The molecule has 12 fully saturated rings. The Balaban J connectivity index is 0.000000374. The fourth-order valence-electron chi connectivity index (χ4n) is 17.2. The van der Waals surface area contributed by atoms with Crippen LogP contribution in [0.2, 0.25) is 0 Å². The molecule has 25 nitrogen and oxygen atoms in total. The van der Waals surface area contributed by atoms with Crippen LogP contribution in [0, 0.1) is 35.5 Å². The molecule has 0 saturated carbocycles. The average Bonchev–Trinajstić information content (AvgIpc) is 1.62. The Kier molecular flexibility index (Phi) is 35.7. The number of Topliss-reactive ketones (excluding diaryl/α,β-unsaturated/α-hetero) is 1. The van der Waals surface area contributed by atoms with Gasteiger partial charge in [0, 0.05) is 38.5 Å². The van der Waals surface area contributed by atoms with E-state index < -0.39 is 69.4 Å². The van der Waals surface area contributed by atoms with Gasteiger partial charge in [-0.1, -0.05) is 113 Å². The second-order valence-corrected chi connectivity index (χ2v) is 38.1. The smallest absolute Gasteiger partial charge is 0.348 e. The van der Waals surface area contributed by atoms with E-state index in [4.69, 9.17) is 114 Å². The van der Waals surface area contributed by atoms with Crippen molar-refractivity contribution < 1.29 is 120 Å². The molecule has 20 atom stereocenters. The highest BCUT2D eigenvalue weighted by Crippen LogP contribution is 2.48. The first-order valence-corrected chi connectivity index (χ1v) is 39.9. The number of ether oxygens (including phenoxy) is 24. The molecule has 0 aliphatic carbocycles. The van der Waals surface area contributed by atoms with E-state index in [-0.39, 0.29) is 135 Å². The normalized spacial score (nSPS) is 41.6. The summed E-state index contributed by atoms with van der Waals surface area (Å²) in [5.74, 6) is -4.32. The first-order chi connectivity index (χ1) is 48.5. The number of hydrogen-bond donors (Lipinski definition) is 0. The summed E-state index contributed by atoms with van der Waals surface area (Å²) in [5.41, 5.74) is 0. The molecule has 20 unspecified atom stereocenters. The van der Waals surface area contributed by atoms with Crippen LogP contribution in [0.25, 0.3) is 0 Å². The minimum Gasteiger partial charge on any atom is -0.348 e. The highest BCUT2D eigenvalue weighted by Gasteiger charge is 2.62. The second kappa shape index (κ2) is 38.8. The molecule has 25 heteroatoms. The lowest BCUT2D eigenvalue weighted by molar-refractivity contribution is -0.201. The lowest BCUT2D eigenvalue weighted by Crippen LogP contribution is -2.45. The third-order valence-electron chi connectivity index (χ3n) is 20.1.